The maximum atomic E-state index is 11.9. The summed E-state index contributed by atoms with van der Waals surface area (Å²) in [6.45, 7) is 2.44. The number of esters is 1. The summed E-state index contributed by atoms with van der Waals surface area (Å²) in [4.78, 5) is 22.2. The predicted molar refractivity (Wildman–Crippen MR) is 90.0 cm³/mol. The first-order valence-electron chi connectivity index (χ1n) is 7.30. The number of carbonyl (C=O) groups excluding carboxylic acids is 1. The molecule has 0 aliphatic carbocycles. The Bertz CT molecular complexity index is 863. The summed E-state index contributed by atoms with van der Waals surface area (Å²) in [5.74, 6) is 0.859. The normalized spacial score (nSPS) is 10.8. The van der Waals surface area contributed by atoms with Gasteiger partial charge >= 0.3 is 5.97 Å². The van der Waals surface area contributed by atoms with Crippen LogP contribution in [0.4, 0.5) is 5.82 Å². The molecule has 2 aromatic heterocycles. The minimum atomic E-state index is -0.341. The number of aromatic nitrogens is 4. The Morgan fingerprint density at radius 1 is 1.33 bits per heavy atom. The molecule has 0 spiro atoms. The molecule has 0 saturated carbocycles. The number of aryl methyl sites for hydroxylation is 1. The highest BCUT2D eigenvalue weighted by atomic mass is 35.5. The van der Waals surface area contributed by atoms with E-state index in [2.05, 4.69) is 15.1 Å². The molecule has 7 nitrogen and oxygen atoms in total. The molecule has 2 heterocycles. The van der Waals surface area contributed by atoms with Crippen molar-refractivity contribution in [2.24, 2.45) is 0 Å². The van der Waals surface area contributed by atoms with Crippen molar-refractivity contribution < 1.29 is 9.53 Å². The van der Waals surface area contributed by atoms with E-state index >= 15 is 0 Å². The smallest absolute Gasteiger partial charge is 0.325 e. The van der Waals surface area contributed by atoms with Crippen molar-refractivity contribution in [3.63, 3.8) is 0 Å². The van der Waals surface area contributed by atoms with Crippen LogP contribution in [0.15, 0.2) is 36.7 Å². The molecule has 0 bridgehead atoms. The van der Waals surface area contributed by atoms with Crippen LogP contribution in [0.1, 0.15) is 11.3 Å². The van der Waals surface area contributed by atoms with Crippen LogP contribution in [0.25, 0.3) is 5.78 Å². The van der Waals surface area contributed by atoms with Gasteiger partial charge in [0, 0.05) is 23.3 Å². The Morgan fingerprint density at radius 3 is 2.79 bits per heavy atom. The van der Waals surface area contributed by atoms with E-state index in [0.717, 1.165) is 17.1 Å². The third-order valence-corrected chi connectivity index (χ3v) is 3.77. The van der Waals surface area contributed by atoms with Gasteiger partial charge in [-0.2, -0.15) is 14.6 Å². The first kappa shape index (κ1) is 16.2. The molecule has 1 aromatic carbocycles. The molecule has 0 fully saturated rings. The molecule has 124 valence electrons. The van der Waals surface area contributed by atoms with Crippen molar-refractivity contribution in [1.29, 1.82) is 0 Å². The Balaban J connectivity index is 2.01. The zero-order valence-electron chi connectivity index (χ0n) is 13.3. The molecular weight excluding hydrogens is 330 g/mol. The predicted octanol–water partition coefficient (Wildman–Crippen LogP) is 2.27. The van der Waals surface area contributed by atoms with Crippen molar-refractivity contribution in [2.75, 3.05) is 18.6 Å². The number of anilines is 1. The highest BCUT2D eigenvalue weighted by Crippen LogP contribution is 2.19. The second-order valence-electron chi connectivity index (χ2n) is 5.29. The van der Waals surface area contributed by atoms with E-state index in [1.165, 1.54) is 13.4 Å². The first-order valence-corrected chi connectivity index (χ1v) is 7.68. The molecule has 0 saturated heterocycles. The van der Waals surface area contributed by atoms with Gasteiger partial charge in [0.15, 0.2) is 0 Å². The maximum Gasteiger partial charge on any atom is 0.325 e. The third kappa shape index (κ3) is 3.46. The summed E-state index contributed by atoms with van der Waals surface area (Å²) in [5.41, 5.74) is 1.79. The van der Waals surface area contributed by atoms with Crippen LogP contribution in [0.2, 0.25) is 5.02 Å². The summed E-state index contributed by atoms with van der Waals surface area (Å²) in [6.07, 6.45) is 1.43. The molecule has 0 unspecified atom stereocenters. The molecule has 8 heteroatoms. The fourth-order valence-corrected chi connectivity index (χ4v) is 2.51. The lowest BCUT2D eigenvalue weighted by Crippen LogP contribution is -2.32. The molecule has 0 N–H and O–H groups in total. The van der Waals surface area contributed by atoms with Crippen LogP contribution >= 0.6 is 11.6 Å². The molecule has 0 aliphatic rings. The van der Waals surface area contributed by atoms with Gasteiger partial charge in [-0.05, 0) is 24.6 Å². The molecule has 24 heavy (non-hydrogen) atoms. The molecule has 3 aromatic rings. The van der Waals surface area contributed by atoms with Gasteiger partial charge in [0.05, 0.1) is 7.11 Å². The summed E-state index contributed by atoms with van der Waals surface area (Å²) in [7, 11) is 1.37. The SMILES string of the molecule is COC(=O)CN(Cc1ccc(Cl)cc1)c1cc(C)nc2ncnn12. The number of fused-ring (bicyclic) bond motifs is 1. The van der Waals surface area contributed by atoms with E-state index in [9.17, 15) is 4.79 Å². The van der Waals surface area contributed by atoms with Gasteiger partial charge in [-0.1, -0.05) is 23.7 Å². The Hall–Kier alpha value is -2.67. The molecule has 0 atom stereocenters. The summed E-state index contributed by atoms with van der Waals surface area (Å²) >= 11 is 5.94. The van der Waals surface area contributed by atoms with E-state index in [-0.39, 0.29) is 12.5 Å². The zero-order chi connectivity index (χ0) is 17.1. The van der Waals surface area contributed by atoms with E-state index in [1.54, 1.807) is 4.52 Å². The topological polar surface area (TPSA) is 72.6 Å². The number of methoxy groups -OCH3 is 1. The number of halogens is 1. The second kappa shape index (κ2) is 6.84. The molecular formula is C16H16ClN5O2. The number of hydrogen-bond donors (Lipinski definition) is 0. The van der Waals surface area contributed by atoms with E-state index < -0.39 is 0 Å². The number of carbonyl (C=O) groups is 1. The summed E-state index contributed by atoms with van der Waals surface area (Å²) in [6, 6.07) is 9.32. The second-order valence-corrected chi connectivity index (χ2v) is 5.72. The lowest BCUT2D eigenvalue weighted by Gasteiger charge is -2.24. The van der Waals surface area contributed by atoms with Crippen LogP contribution in [-0.4, -0.2) is 39.2 Å². The minimum Gasteiger partial charge on any atom is -0.468 e. The van der Waals surface area contributed by atoms with Crippen LogP contribution in [-0.2, 0) is 16.1 Å². The Morgan fingerprint density at radius 2 is 2.08 bits per heavy atom. The number of hydrogen-bond acceptors (Lipinski definition) is 6. The molecule has 0 amide bonds. The monoisotopic (exact) mass is 345 g/mol. The van der Waals surface area contributed by atoms with Gasteiger partial charge < -0.3 is 9.64 Å². The first-order chi connectivity index (χ1) is 11.6. The van der Waals surface area contributed by atoms with Gasteiger partial charge in [0.25, 0.3) is 5.78 Å². The van der Waals surface area contributed by atoms with Crippen molar-refractivity contribution >= 4 is 29.2 Å². The number of nitrogens with zero attached hydrogens (tertiary/aromatic N) is 5. The van der Waals surface area contributed by atoms with Crippen LogP contribution < -0.4 is 4.90 Å². The molecule has 0 radical (unpaired) electrons. The van der Waals surface area contributed by atoms with Crippen molar-refractivity contribution in [3.05, 3.63) is 52.9 Å². The lowest BCUT2D eigenvalue weighted by atomic mass is 10.2. The third-order valence-electron chi connectivity index (χ3n) is 3.52. The van der Waals surface area contributed by atoms with Crippen LogP contribution in [0.5, 0.6) is 0 Å². The highest BCUT2D eigenvalue weighted by Gasteiger charge is 2.17. The number of benzene rings is 1. The lowest BCUT2D eigenvalue weighted by molar-refractivity contribution is -0.139. The van der Waals surface area contributed by atoms with Crippen LogP contribution in [0, 0.1) is 6.92 Å². The van der Waals surface area contributed by atoms with Gasteiger partial charge in [0.2, 0.25) is 0 Å². The van der Waals surface area contributed by atoms with Crippen molar-refractivity contribution in [1.82, 2.24) is 19.6 Å². The van der Waals surface area contributed by atoms with Gasteiger partial charge in [-0.15, -0.1) is 0 Å². The zero-order valence-corrected chi connectivity index (χ0v) is 14.1. The maximum absolute atomic E-state index is 11.9. The van der Waals surface area contributed by atoms with Crippen molar-refractivity contribution in [3.8, 4) is 0 Å². The Labute approximate surface area is 143 Å². The number of rotatable bonds is 5. The summed E-state index contributed by atoms with van der Waals surface area (Å²) < 4.78 is 6.42. The quantitative estimate of drug-likeness (QED) is 0.660. The van der Waals surface area contributed by atoms with Gasteiger partial charge in [0.1, 0.15) is 18.7 Å². The summed E-state index contributed by atoms with van der Waals surface area (Å²) in [5, 5.41) is 4.86. The highest BCUT2D eigenvalue weighted by molar-refractivity contribution is 6.30. The van der Waals surface area contributed by atoms with E-state index in [1.807, 2.05) is 42.2 Å². The number of ether oxygens (including phenoxy) is 1. The average Bonchev–Trinajstić information content (AvgIpc) is 3.03. The Kier molecular flexibility index (Phi) is 4.61. The van der Waals surface area contributed by atoms with Gasteiger partial charge in [-0.25, -0.2) is 4.98 Å². The van der Waals surface area contributed by atoms with E-state index in [4.69, 9.17) is 16.3 Å². The molecule has 3 rings (SSSR count). The fraction of sp³-hybridized carbons (Fsp3) is 0.250. The van der Waals surface area contributed by atoms with E-state index in [0.29, 0.717) is 17.3 Å². The van der Waals surface area contributed by atoms with Crippen molar-refractivity contribution in [2.45, 2.75) is 13.5 Å². The average molecular weight is 346 g/mol. The largest absolute Gasteiger partial charge is 0.468 e. The van der Waals surface area contributed by atoms with Crippen LogP contribution in [0.3, 0.4) is 0 Å². The molecule has 0 aliphatic heterocycles. The minimum absolute atomic E-state index is 0.0809. The standard InChI is InChI=1S/C16H16ClN5O2/c1-11-7-14(22-16(20-11)18-10-19-22)21(9-15(23)24-2)8-12-3-5-13(17)6-4-12/h3-7,10H,8-9H2,1-2H3. The van der Waals surface area contributed by atoms with Gasteiger partial charge in [-0.3, -0.25) is 4.79 Å². The fourth-order valence-electron chi connectivity index (χ4n) is 2.38.